The van der Waals surface area contributed by atoms with Gasteiger partial charge in [-0.05, 0) is 29.3 Å². The fourth-order valence-electron chi connectivity index (χ4n) is 2.72. The minimum absolute atomic E-state index is 0.397. The number of methoxy groups -OCH3 is 1. The molecule has 3 aromatic carbocycles. The number of hydrogen-bond acceptors (Lipinski definition) is 4. The quantitative estimate of drug-likeness (QED) is 0.617. The summed E-state index contributed by atoms with van der Waals surface area (Å²) in [4.78, 5) is 0. The van der Waals surface area contributed by atoms with E-state index in [9.17, 15) is 0 Å². The molecule has 0 aliphatic carbocycles. The van der Waals surface area contributed by atoms with E-state index in [0.717, 1.165) is 16.9 Å². The van der Waals surface area contributed by atoms with Gasteiger partial charge in [0.1, 0.15) is 19.0 Å². The van der Waals surface area contributed by atoms with E-state index in [0.29, 0.717) is 31.3 Å². The first-order valence-corrected chi connectivity index (χ1v) is 8.59. The molecule has 134 valence electrons. The average molecular weight is 349 g/mol. The van der Waals surface area contributed by atoms with Gasteiger partial charge in [-0.2, -0.15) is 0 Å². The van der Waals surface area contributed by atoms with Crippen molar-refractivity contribution in [2.24, 2.45) is 5.73 Å². The largest absolute Gasteiger partial charge is 0.493 e. The molecule has 26 heavy (non-hydrogen) atoms. The van der Waals surface area contributed by atoms with Gasteiger partial charge in [0, 0.05) is 12.1 Å². The van der Waals surface area contributed by atoms with Crippen LogP contribution >= 0.6 is 0 Å². The van der Waals surface area contributed by atoms with Crippen molar-refractivity contribution in [3.63, 3.8) is 0 Å². The Morgan fingerprint density at radius 2 is 1.42 bits per heavy atom. The van der Waals surface area contributed by atoms with E-state index in [-0.39, 0.29) is 0 Å². The van der Waals surface area contributed by atoms with E-state index >= 15 is 0 Å². The maximum atomic E-state index is 5.83. The summed E-state index contributed by atoms with van der Waals surface area (Å²) in [7, 11) is 1.62. The Morgan fingerprint density at radius 3 is 2.12 bits per heavy atom. The number of para-hydroxylation sites is 1. The molecule has 0 radical (unpaired) electrons. The molecule has 0 saturated carbocycles. The van der Waals surface area contributed by atoms with E-state index in [4.69, 9.17) is 19.9 Å². The fraction of sp³-hybridized carbons (Fsp3) is 0.182. The normalized spacial score (nSPS) is 10.4. The molecular weight excluding hydrogens is 326 g/mol. The summed E-state index contributed by atoms with van der Waals surface area (Å²) in [5.41, 5.74) is 9.03. The highest BCUT2D eigenvalue weighted by atomic mass is 16.5. The molecule has 0 spiro atoms. The summed E-state index contributed by atoms with van der Waals surface area (Å²) in [6.07, 6.45) is 0. The van der Waals surface area contributed by atoms with Crippen molar-refractivity contribution in [2.75, 3.05) is 20.3 Å². The number of hydrogen-bond donors (Lipinski definition) is 1. The second kappa shape index (κ2) is 8.92. The van der Waals surface area contributed by atoms with Gasteiger partial charge in [-0.15, -0.1) is 0 Å². The maximum Gasteiger partial charge on any atom is 0.165 e. The van der Waals surface area contributed by atoms with Crippen LogP contribution in [0.25, 0.3) is 11.1 Å². The minimum atomic E-state index is 0.397. The summed E-state index contributed by atoms with van der Waals surface area (Å²) >= 11 is 0. The standard InChI is InChI=1S/C22H23NO3/c1-24-21-9-5-8-19(16-23)22(21)26-15-14-25-20-12-10-18(11-13-20)17-6-3-2-4-7-17/h2-13H,14-16,23H2,1H3. The van der Waals surface area contributed by atoms with Gasteiger partial charge in [-0.25, -0.2) is 0 Å². The molecule has 3 aromatic rings. The highest BCUT2D eigenvalue weighted by Gasteiger charge is 2.09. The molecule has 4 nitrogen and oxygen atoms in total. The Balaban J connectivity index is 1.54. The highest BCUT2D eigenvalue weighted by Crippen LogP contribution is 2.30. The molecule has 0 fully saturated rings. The summed E-state index contributed by atoms with van der Waals surface area (Å²) < 4.78 is 16.9. The third-order valence-electron chi connectivity index (χ3n) is 4.06. The molecule has 0 unspecified atom stereocenters. The van der Waals surface area contributed by atoms with E-state index < -0.39 is 0 Å². The van der Waals surface area contributed by atoms with E-state index in [1.165, 1.54) is 5.56 Å². The van der Waals surface area contributed by atoms with Gasteiger partial charge in [0.2, 0.25) is 0 Å². The van der Waals surface area contributed by atoms with Crippen LogP contribution in [-0.2, 0) is 6.54 Å². The lowest BCUT2D eigenvalue weighted by Crippen LogP contribution is -2.11. The Morgan fingerprint density at radius 1 is 0.731 bits per heavy atom. The third kappa shape index (κ3) is 4.35. The highest BCUT2D eigenvalue weighted by molar-refractivity contribution is 5.63. The lowest BCUT2D eigenvalue weighted by molar-refractivity contribution is 0.210. The summed E-state index contributed by atoms with van der Waals surface area (Å²) in [5, 5.41) is 0. The van der Waals surface area contributed by atoms with Crippen LogP contribution in [0.4, 0.5) is 0 Å². The molecule has 0 aliphatic rings. The van der Waals surface area contributed by atoms with E-state index in [1.807, 2.05) is 48.5 Å². The molecule has 0 saturated heterocycles. The van der Waals surface area contributed by atoms with Crippen LogP contribution in [0.15, 0.2) is 72.8 Å². The first-order chi connectivity index (χ1) is 12.8. The fourth-order valence-corrected chi connectivity index (χ4v) is 2.72. The van der Waals surface area contributed by atoms with E-state index in [2.05, 4.69) is 24.3 Å². The minimum Gasteiger partial charge on any atom is -0.493 e. The van der Waals surface area contributed by atoms with Gasteiger partial charge < -0.3 is 19.9 Å². The van der Waals surface area contributed by atoms with Crippen LogP contribution in [-0.4, -0.2) is 20.3 Å². The molecule has 0 amide bonds. The van der Waals surface area contributed by atoms with Crippen LogP contribution in [0.3, 0.4) is 0 Å². The predicted octanol–water partition coefficient (Wildman–Crippen LogP) is 4.28. The maximum absolute atomic E-state index is 5.83. The number of nitrogens with two attached hydrogens (primary N) is 1. The third-order valence-corrected chi connectivity index (χ3v) is 4.06. The first kappa shape index (κ1) is 17.8. The van der Waals surface area contributed by atoms with Crippen molar-refractivity contribution in [2.45, 2.75) is 6.54 Å². The van der Waals surface area contributed by atoms with Crippen molar-refractivity contribution >= 4 is 0 Å². The zero-order valence-electron chi connectivity index (χ0n) is 14.9. The average Bonchev–Trinajstić information content (AvgIpc) is 2.72. The molecule has 0 atom stereocenters. The number of ether oxygens (including phenoxy) is 3. The second-order valence-electron chi connectivity index (χ2n) is 5.74. The van der Waals surface area contributed by atoms with Crippen molar-refractivity contribution in [1.82, 2.24) is 0 Å². The van der Waals surface area contributed by atoms with Gasteiger partial charge in [0.15, 0.2) is 11.5 Å². The molecular formula is C22H23NO3. The molecule has 3 rings (SSSR count). The van der Waals surface area contributed by atoms with Gasteiger partial charge in [0.05, 0.1) is 7.11 Å². The summed E-state index contributed by atoms with van der Waals surface area (Å²) in [6.45, 7) is 1.24. The number of rotatable bonds is 8. The van der Waals surface area contributed by atoms with Crippen LogP contribution in [0.5, 0.6) is 17.2 Å². The monoisotopic (exact) mass is 349 g/mol. The van der Waals surface area contributed by atoms with Gasteiger partial charge in [-0.1, -0.05) is 54.6 Å². The van der Waals surface area contributed by atoms with Crippen LogP contribution in [0.1, 0.15) is 5.56 Å². The smallest absolute Gasteiger partial charge is 0.165 e. The molecule has 0 bridgehead atoms. The zero-order valence-corrected chi connectivity index (χ0v) is 14.9. The van der Waals surface area contributed by atoms with Crippen molar-refractivity contribution < 1.29 is 14.2 Å². The predicted molar refractivity (Wildman–Crippen MR) is 104 cm³/mol. The Labute approximate surface area is 154 Å². The summed E-state index contributed by atoms with van der Waals surface area (Å²) in [6, 6.07) is 24.0. The van der Waals surface area contributed by atoms with E-state index in [1.54, 1.807) is 7.11 Å². The van der Waals surface area contributed by atoms with Crippen molar-refractivity contribution in [1.29, 1.82) is 0 Å². The zero-order chi connectivity index (χ0) is 18.2. The van der Waals surface area contributed by atoms with Crippen molar-refractivity contribution in [3.05, 3.63) is 78.4 Å². The molecule has 0 aromatic heterocycles. The Bertz CT molecular complexity index is 794. The van der Waals surface area contributed by atoms with Crippen LogP contribution < -0.4 is 19.9 Å². The van der Waals surface area contributed by atoms with Gasteiger partial charge >= 0.3 is 0 Å². The topological polar surface area (TPSA) is 53.7 Å². The first-order valence-electron chi connectivity index (χ1n) is 8.59. The van der Waals surface area contributed by atoms with Crippen LogP contribution in [0, 0.1) is 0 Å². The molecule has 4 heteroatoms. The summed E-state index contributed by atoms with van der Waals surface area (Å²) in [5.74, 6) is 2.17. The molecule has 2 N–H and O–H groups in total. The van der Waals surface area contributed by atoms with Gasteiger partial charge in [-0.3, -0.25) is 0 Å². The Hall–Kier alpha value is -2.98. The van der Waals surface area contributed by atoms with Gasteiger partial charge in [0.25, 0.3) is 0 Å². The number of benzene rings is 3. The van der Waals surface area contributed by atoms with Crippen LogP contribution in [0.2, 0.25) is 0 Å². The lowest BCUT2D eigenvalue weighted by Gasteiger charge is -2.14. The Kier molecular flexibility index (Phi) is 6.12. The lowest BCUT2D eigenvalue weighted by atomic mass is 10.1. The molecule has 0 heterocycles. The van der Waals surface area contributed by atoms with Crippen molar-refractivity contribution in [3.8, 4) is 28.4 Å². The molecule has 0 aliphatic heterocycles. The second-order valence-corrected chi connectivity index (χ2v) is 5.74. The SMILES string of the molecule is COc1cccc(CN)c1OCCOc1ccc(-c2ccccc2)cc1.